The molecule has 0 bridgehead atoms. The van der Waals surface area contributed by atoms with Gasteiger partial charge >= 0.3 is 0 Å². The van der Waals surface area contributed by atoms with Crippen LogP contribution in [-0.2, 0) is 22.3 Å². The lowest BCUT2D eigenvalue weighted by atomic mass is 10.1. The highest BCUT2D eigenvalue weighted by Gasteiger charge is 2.16. The predicted octanol–water partition coefficient (Wildman–Crippen LogP) is 3.24. The highest BCUT2D eigenvalue weighted by molar-refractivity contribution is 7.88. The van der Waals surface area contributed by atoms with Crippen LogP contribution in [0.1, 0.15) is 35.3 Å². The Morgan fingerprint density at radius 2 is 1.81 bits per heavy atom. The molecule has 8 heteroatoms. The Balaban J connectivity index is 2.12. The predicted molar refractivity (Wildman–Crippen MR) is 99.9 cm³/mol. The van der Waals surface area contributed by atoms with Crippen molar-refractivity contribution in [2.45, 2.75) is 32.2 Å². The fourth-order valence-corrected chi connectivity index (χ4v) is 4.17. The third-order valence-corrected chi connectivity index (χ3v) is 5.33. The molecule has 2 N–H and O–H groups in total. The van der Waals surface area contributed by atoms with Crippen LogP contribution in [-0.4, -0.2) is 20.4 Å². The number of carbonyl (C=O) groups is 1. The van der Waals surface area contributed by atoms with E-state index in [1.165, 1.54) is 6.07 Å². The molecule has 0 unspecified atom stereocenters. The molecule has 0 aliphatic carbocycles. The van der Waals surface area contributed by atoms with Crippen molar-refractivity contribution in [1.82, 2.24) is 10.0 Å². The van der Waals surface area contributed by atoms with Crippen molar-refractivity contribution in [3.05, 3.63) is 70.0 Å². The second-order valence-electron chi connectivity index (χ2n) is 6.11. The lowest BCUT2D eigenvalue weighted by Crippen LogP contribution is -2.32. The summed E-state index contributed by atoms with van der Waals surface area (Å²) in [4.78, 5) is 12.2. The summed E-state index contributed by atoms with van der Waals surface area (Å²) in [6.07, 6.45) is 0. The number of rotatable bonds is 7. The fraction of sp³-hybridized carbons (Fsp3) is 0.278. The molecular formula is C18H20ClFN2O3S. The van der Waals surface area contributed by atoms with Gasteiger partial charge in [0, 0.05) is 12.6 Å². The van der Waals surface area contributed by atoms with Gasteiger partial charge in [-0.1, -0.05) is 35.9 Å². The quantitative estimate of drug-likeness (QED) is 0.751. The third-order valence-electron chi connectivity index (χ3n) is 3.49. The van der Waals surface area contributed by atoms with E-state index in [2.05, 4.69) is 10.0 Å². The number of halogens is 2. The van der Waals surface area contributed by atoms with Crippen molar-refractivity contribution in [3.63, 3.8) is 0 Å². The smallest absolute Gasteiger partial charge is 0.253 e. The van der Waals surface area contributed by atoms with Gasteiger partial charge in [-0.25, -0.2) is 17.5 Å². The topological polar surface area (TPSA) is 75.3 Å². The van der Waals surface area contributed by atoms with E-state index in [0.29, 0.717) is 11.1 Å². The van der Waals surface area contributed by atoms with Gasteiger partial charge < -0.3 is 5.32 Å². The van der Waals surface area contributed by atoms with Gasteiger partial charge in [0.25, 0.3) is 5.91 Å². The molecule has 2 aromatic rings. The summed E-state index contributed by atoms with van der Waals surface area (Å²) >= 11 is 5.88. The molecule has 1 amide bonds. The fourth-order valence-electron chi connectivity index (χ4n) is 2.42. The average Bonchev–Trinajstić information content (AvgIpc) is 2.52. The molecule has 0 saturated heterocycles. The Kier molecular flexibility index (Phi) is 6.75. The molecule has 0 saturated carbocycles. The number of hydrogen-bond donors (Lipinski definition) is 2. The van der Waals surface area contributed by atoms with Gasteiger partial charge in [0.1, 0.15) is 5.82 Å². The largest absolute Gasteiger partial charge is 0.348 e. The van der Waals surface area contributed by atoms with Gasteiger partial charge in [-0.05, 0) is 43.2 Å². The molecule has 0 atom stereocenters. The maximum atomic E-state index is 13.1. The van der Waals surface area contributed by atoms with E-state index in [-0.39, 0.29) is 28.9 Å². The normalized spacial score (nSPS) is 11.6. The first-order valence-corrected chi connectivity index (χ1v) is 10.0. The highest BCUT2D eigenvalue weighted by atomic mass is 35.5. The lowest BCUT2D eigenvalue weighted by molar-refractivity contribution is 0.0951. The summed E-state index contributed by atoms with van der Waals surface area (Å²) in [7, 11) is -3.48. The molecule has 0 aliphatic rings. The van der Waals surface area contributed by atoms with Crippen molar-refractivity contribution in [2.75, 3.05) is 0 Å². The molecule has 26 heavy (non-hydrogen) atoms. The van der Waals surface area contributed by atoms with E-state index in [0.717, 1.165) is 12.1 Å². The van der Waals surface area contributed by atoms with Crippen LogP contribution in [0, 0.1) is 5.82 Å². The van der Waals surface area contributed by atoms with Crippen molar-refractivity contribution < 1.29 is 17.6 Å². The average molecular weight is 399 g/mol. The van der Waals surface area contributed by atoms with Gasteiger partial charge in [0.05, 0.1) is 16.3 Å². The lowest BCUT2D eigenvalue weighted by Gasteiger charge is -2.13. The van der Waals surface area contributed by atoms with E-state index >= 15 is 0 Å². The molecule has 0 aliphatic heterocycles. The summed E-state index contributed by atoms with van der Waals surface area (Å²) in [5.74, 6) is -1.18. The SMILES string of the molecule is CC(C)NS(=O)(=O)Cc1ccccc1CNC(=O)c1ccc(F)cc1Cl. The summed E-state index contributed by atoms with van der Waals surface area (Å²) in [5, 5.41) is 2.69. The molecule has 2 rings (SSSR count). The Morgan fingerprint density at radius 3 is 2.42 bits per heavy atom. The zero-order chi connectivity index (χ0) is 19.3. The zero-order valence-electron chi connectivity index (χ0n) is 14.4. The molecule has 0 aromatic heterocycles. The van der Waals surface area contributed by atoms with Gasteiger partial charge in [0.15, 0.2) is 0 Å². The van der Waals surface area contributed by atoms with Gasteiger partial charge in [-0.3, -0.25) is 4.79 Å². The minimum absolute atomic E-state index is 0.0134. The van der Waals surface area contributed by atoms with Gasteiger partial charge in [0.2, 0.25) is 10.0 Å². The van der Waals surface area contributed by atoms with Crippen molar-refractivity contribution in [1.29, 1.82) is 0 Å². The Bertz CT molecular complexity index is 901. The number of hydrogen-bond acceptors (Lipinski definition) is 3. The molecule has 5 nitrogen and oxygen atoms in total. The molecule has 0 radical (unpaired) electrons. The second kappa shape index (κ2) is 8.62. The highest BCUT2D eigenvalue weighted by Crippen LogP contribution is 2.18. The van der Waals surface area contributed by atoms with Crippen LogP contribution in [0.3, 0.4) is 0 Å². The van der Waals surface area contributed by atoms with Crippen molar-refractivity contribution in [2.24, 2.45) is 0 Å². The standard InChI is InChI=1S/C18H20ClFN2O3S/c1-12(2)22-26(24,25)11-14-6-4-3-5-13(14)10-21-18(23)16-8-7-15(20)9-17(16)19/h3-9,12,22H,10-11H2,1-2H3,(H,21,23). The van der Waals surface area contributed by atoms with Crippen LogP contribution in [0.15, 0.2) is 42.5 Å². The number of sulfonamides is 1. The monoisotopic (exact) mass is 398 g/mol. The number of nitrogens with one attached hydrogen (secondary N) is 2. The molecule has 0 fully saturated rings. The summed E-state index contributed by atoms with van der Waals surface area (Å²) in [5.41, 5.74) is 1.42. The maximum absolute atomic E-state index is 13.1. The molecular weight excluding hydrogens is 379 g/mol. The van der Waals surface area contributed by atoms with E-state index in [1.807, 2.05) is 0 Å². The summed E-state index contributed by atoms with van der Waals surface area (Å²) in [6.45, 7) is 3.62. The van der Waals surface area contributed by atoms with Crippen molar-refractivity contribution >= 4 is 27.5 Å². The van der Waals surface area contributed by atoms with E-state index in [9.17, 15) is 17.6 Å². The molecule has 0 heterocycles. The van der Waals surface area contributed by atoms with Crippen LogP contribution in [0.25, 0.3) is 0 Å². The van der Waals surface area contributed by atoms with Crippen molar-refractivity contribution in [3.8, 4) is 0 Å². The Hall–Kier alpha value is -1.96. The van der Waals surface area contributed by atoms with Crippen LogP contribution in [0.2, 0.25) is 5.02 Å². The van der Waals surface area contributed by atoms with Crippen LogP contribution >= 0.6 is 11.6 Å². The number of benzene rings is 2. The van der Waals surface area contributed by atoms with E-state index in [4.69, 9.17) is 11.6 Å². The minimum Gasteiger partial charge on any atom is -0.348 e. The zero-order valence-corrected chi connectivity index (χ0v) is 16.0. The Labute approximate surface area is 157 Å². The third kappa shape index (κ3) is 5.79. The number of carbonyl (C=O) groups excluding carboxylic acids is 1. The first-order chi connectivity index (χ1) is 12.2. The second-order valence-corrected chi connectivity index (χ2v) is 8.27. The summed E-state index contributed by atoms with van der Waals surface area (Å²) < 4.78 is 39.9. The Morgan fingerprint density at radius 1 is 1.15 bits per heavy atom. The summed E-state index contributed by atoms with van der Waals surface area (Å²) in [6, 6.07) is 10.3. The molecule has 0 spiro atoms. The molecule has 2 aromatic carbocycles. The van der Waals surface area contributed by atoms with Crippen LogP contribution in [0.4, 0.5) is 4.39 Å². The first kappa shape index (κ1) is 20.4. The molecule has 140 valence electrons. The number of amides is 1. The van der Waals surface area contributed by atoms with E-state index in [1.54, 1.807) is 38.1 Å². The van der Waals surface area contributed by atoms with Gasteiger partial charge in [-0.2, -0.15) is 0 Å². The first-order valence-electron chi connectivity index (χ1n) is 7.98. The van der Waals surface area contributed by atoms with Gasteiger partial charge in [-0.15, -0.1) is 0 Å². The van der Waals surface area contributed by atoms with Crippen LogP contribution < -0.4 is 10.0 Å². The van der Waals surface area contributed by atoms with E-state index < -0.39 is 21.7 Å². The maximum Gasteiger partial charge on any atom is 0.253 e. The minimum atomic E-state index is -3.48. The van der Waals surface area contributed by atoms with Crippen LogP contribution in [0.5, 0.6) is 0 Å².